The monoisotopic (exact) mass is 449 g/mol. The number of carbonyl (C=O) groups is 2. The molecule has 0 spiro atoms. The molecule has 1 aliphatic heterocycles. The highest BCUT2D eigenvalue weighted by Gasteiger charge is 2.48. The van der Waals surface area contributed by atoms with Crippen LogP contribution in [0.4, 0.5) is 22.0 Å². The maximum atomic E-state index is 13.4. The Bertz CT molecular complexity index is 834. The molecular formula is C20H24F5N3O3. The molecule has 172 valence electrons. The second-order valence-electron chi connectivity index (χ2n) is 8.12. The zero-order valence-electron chi connectivity index (χ0n) is 17.1. The van der Waals surface area contributed by atoms with E-state index < -0.39 is 60.2 Å². The van der Waals surface area contributed by atoms with E-state index in [-0.39, 0.29) is 12.3 Å². The van der Waals surface area contributed by atoms with Crippen molar-refractivity contribution in [2.75, 3.05) is 19.7 Å². The molecule has 2 unspecified atom stereocenters. The van der Waals surface area contributed by atoms with Crippen molar-refractivity contribution in [3.8, 4) is 5.88 Å². The van der Waals surface area contributed by atoms with E-state index >= 15 is 0 Å². The van der Waals surface area contributed by atoms with Crippen molar-refractivity contribution in [2.45, 2.75) is 51.3 Å². The highest BCUT2D eigenvalue weighted by molar-refractivity contribution is 5.94. The highest BCUT2D eigenvalue weighted by Crippen LogP contribution is 2.34. The molecule has 1 aromatic rings. The minimum absolute atomic E-state index is 0.0926. The Balaban J connectivity index is 1.74. The number of alkyl halides is 5. The minimum Gasteiger partial charge on any atom is -0.477 e. The number of likely N-dealkylation sites (tertiary alicyclic amines) is 1. The van der Waals surface area contributed by atoms with Crippen LogP contribution in [0, 0.1) is 11.8 Å². The molecule has 1 N–H and O–H groups in total. The van der Waals surface area contributed by atoms with Gasteiger partial charge in [0.15, 0.2) is 0 Å². The summed E-state index contributed by atoms with van der Waals surface area (Å²) in [6.07, 6.45) is -2.66. The average Bonchev–Trinajstić information content (AvgIpc) is 3.50. The lowest BCUT2D eigenvalue weighted by atomic mass is 9.95. The van der Waals surface area contributed by atoms with E-state index in [1.54, 1.807) is 6.92 Å². The number of nitrogens with one attached hydrogen (secondary N) is 1. The van der Waals surface area contributed by atoms with Crippen molar-refractivity contribution in [1.29, 1.82) is 0 Å². The van der Waals surface area contributed by atoms with Gasteiger partial charge in [-0.15, -0.1) is 0 Å². The third-order valence-electron chi connectivity index (χ3n) is 5.46. The van der Waals surface area contributed by atoms with Gasteiger partial charge in [0.25, 0.3) is 11.8 Å². The van der Waals surface area contributed by atoms with Gasteiger partial charge in [-0.05, 0) is 31.2 Å². The number of aromatic nitrogens is 1. The number of hydrogen-bond acceptors (Lipinski definition) is 4. The van der Waals surface area contributed by atoms with Crippen molar-refractivity contribution < 1.29 is 36.3 Å². The van der Waals surface area contributed by atoms with Crippen molar-refractivity contribution in [1.82, 2.24) is 15.2 Å². The van der Waals surface area contributed by atoms with Crippen LogP contribution >= 0.6 is 0 Å². The van der Waals surface area contributed by atoms with Gasteiger partial charge in [-0.1, -0.05) is 13.8 Å². The maximum Gasteiger partial charge on any atom is 0.418 e. The Morgan fingerprint density at radius 3 is 2.45 bits per heavy atom. The second-order valence-corrected chi connectivity index (χ2v) is 8.12. The molecule has 2 heterocycles. The summed E-state index contributed by atoms with van der Waals surface area (Å²) in [5.74, 6) is -5.29. The summed E-state index contributed by atoms with van der Waals surface area (Å²) in [4.78, 5) is 29.8. The average molecular weight is 449 g/mol. The van der Waals surface area contributed by atoms with Gasteiger partial charge >= 0.3 is 6.18 Å². The van der Waals surface area contributed by atoms with E-state index in [2.05, 4.69) is 10.3 Å². The highest BCUT2D eigenvalue weighted by atomic mass is 19.4. The number of hydrogen-bond donors (Lipinski definition) is 1. The van der Waals surface area contributed by atoms with Crippen LogP contribution in [-0.2, 0) is 11.0 Å². The Morgan fingerprint density at radius 2 is 1.94 bits per heavy atom. The first-order chi connectivity index (χ1) is 14.4. The summed E-state index contributed by atoms with van der Waals surface area (Å²) in [6.45, 7) is 1.97. The standard InChI is InChI=1S/C20H24F5N3O3/c1-3-14(11(2)18(30)28-9-19(21,22)10-28)26-17(29)16-13(20(23,24)25)6-7-15(27-16)31-8-12-4-5-12/h6-7,11-12,14H,3-5,8-10H2,1-2H3,(H,26,29). The van der Waals surface area contributed by atoms with Crippen LogP contribution < -0.4 is 10.1 Å². The molecule has 3 rings (SSSR count). The molecule has 1 aromatic heterocycles. The molecule has 2 aliphatic rings. The topological polar surface area (TPSA) is 71.5 Å². The third-order valence-corrected chi connectivity index (χ3v) is 5.46. The first-order valence-electron chi connectivity index (χ1n) is 10.1. The van der Waals surface area contributed by atoms with Crippen molar-refractivity contribution >= 4 is 11.8 Å². The molecular weight excluding hydrogens is 425 g/mol. The molecule has 1 saturated heterocycles. The fourth-order valence-electron chi connectivity index (χ4n) is 3.36. The molecule has 1 saturated carbocycles. The summed E-state index contributed by atoms with van der Waals surface area (Å²) in [7, 11) is 0. The molecule has 31 heavy (non-hydrogen) atoms. The van der Waals surface area contributed by atoms with E-state index in [1.165, 1.54) is 6.92 Å². The second kappa shape index (κ2) is 8.58. The van der Waals surface area contributed by atoms with Gasteiger partial charge in [0.05, 0.1) is 31.2 Å². The Kier molecular flexibility index (Phi) is 6.43. The molecule has 2 fully saturated rings. The number of ether oxygens (including phenoxy) is 1. The lowest BCUT2D eigenvalue weighted by molar-refractivity contribution is -0.169. The lowest BCUT2D eigenvalue weighted by Gasteiger charge is -2.41. The summed E-state index contributed by atoms with van der Waals surface area (Å²) in [5, 5.41) is 2.41. The van der Waals surface area contributed by atoms with E-state index in [1.807, 2.05) is 0 Å². The first-order valence-corrected chi connectivity index (χ1v) is 10.1. The van der Waals surface area contributed by atoms with Crippen molar-refractivity contribution in [2.24, 2.45) is 11.8 Å². The molecule has 0 radical (unpaired) electrons. The van der Waals surface area contributed by atoms with Crippen molar-refractivity contribution in [3.05, 3.63) is 23.4 Å². The van der Waals surface area contributed by atoms with Crippen LogP contribution in [0.25, 0.3) is 0 Å². The van der Waals surface area contributed by atoms with Gasteiger partial charge in [-0.3, -0.25) is 9.59 Å². The Labute approximate surface area is 176 Å². The summed E-state index contributed by atoms with van der Waals surface area (Å²) in [6, 6.07) is 0.949. The predicted octanol–water partition coefficient (Wildman–Crippen LogP) is 3.51. The summed E-state index contributed by atoms with van der Waals surface area (Å²) < 4.78 is 71.7. The van der Waals surface area contributed by atoms with E-state index in [4.69, 9.17) is 4.74 Å². The number of rotatable bonds is 8. The fraction of sp³-hybridized carbons (Fsp3) is 0.650. The van der Waals surface area contributed by atoms with E-state index in [0.29, 0.717) is 12.5 Å². The summed E-state index contributed by atoms with van der Waals surface area (Å²) in [5.41, 5.74) is -2.07. The van der Waals surface area contributed by atoms with Gasteiger partial charge in [-0.25, -0.2) is 13.8 Å². The van der Waals surface area contributed by atoms with Gasteiger partial charge < -0.3 is 15.0 Å². The van der Waals surface area contributed by atoms with Crippen LogP contribution in [0.1, 0.15) is 49.2 Å². The zero-order chi connectivity index (χ0) is 23.0. The van der Waals surface area contributed by atoms with Gasteiger partial charge in [-0.2, -0.15) is 13.2 Å². The largest absolute Gasteiger partial charge is 0.477 e. The SMILES string of the molecule is CCC(NC(=O)c1nc(OCC2CC2)ccc1C(F)(F)F)C(C)C(=O)N1CC(F)(F)C1. The summed E-state index contributed by atoms with van der Waals surface area (Å²) >= 11 is 0. The Hall–Kier alpha value is -2.46. The maximum absolute atomic E-state index is 13.4. The van der Waals surface area contributed by atoms with E-state index in [0.717, 1.165) is 29.9 Å². The Morgan fingerprint density at radius 1 is 1.29 bits per heavy atom. The van der Waals surface area contributed by atoms with E-state index in [9.17, 15) is 31.5 Å². The quantitative estimate of drug-likeness (QED) is 0.617. The molecule has 2 atom stereocenters. The van der Waals surface area contributed by atoms with Crippen LogP contribution in [-0.4, -0.2) is 53.4 Å². The predicted molar refractivity (Wildman–Crippen MR) is 99.7 cm³/mol. The lowest BCUT2D eigenvalue weighted by Crippen LogP contribution is -2.61. The molecule has 11 heteroatoms. The fourth-order valence-corrected chi connectivity index (χ4v) is 3.36. The normalized spacial score (nSPS) is 19.9. The van der Waals surface area contributed by atoms with Crippen LogP contribution in [0.2, 0.25) is 0 Å². The zero-order valence-corrected chi connectivity index (χ0v) is 17.1. The molecule has 1 aliphatic carbocycles. The number of nitrogens with zero attached hydrogens (tertiary/aromatic N) is 2. The number of amides is 2. The minimum atomic E-state index is -4.82. The van der Waals surface area contributed by atoms with Gasteiger partial charge in [0, 0.05) is 12.1 Å². The molecule has 0 bridgehead atoms. The molecule has 6 nitrogen and oxygen atoms in total. The number of halogens is 5. The van der Waals surface area contributed by atoms with Crippen molar-refractivity contribution in [3.63, 3.8) is 0 Å². The number of pyridine rings is 1. The molecule has 0 aromatic carbocycles. The number of carbonyl (C=O) groups excluding carboxylic acids is 2. The van der Waals surface area contributed by atoms with Crippen LogP contribution in [0.5, 0.6) is 5.88 Å². The smallest absolute Gasteiger partial charge is 0.418 e. The van der Waals surface area contributed by atoms with Crippen LogP contribution in [0.15, 0.2) is 12.1 Å². The third kappa shape index (κ3) is 5.62. The first kappa shape index (κ1) is 23.2. The van der Waals surface area contributed by atoms with Gasteiger partial charge in [0.1, 0.15) is 5.69 Å². The van der Waals surface area contributed by atoms with Crippen LogP contribution in [0.3, 0.4) is 0 Å². The molecule has 2 amide bonds. The van der Waals surface area contributed by atoms with Gasteiger partial charge in [0.2, 0.25) is 11.8 Å².